The van der Waals surface area contributed by atoms with Gasteiger partial charge in [-0.1, -0.05) is 61.9 Å². The minimum absolute atomic E-state index is 0.224. The van der Waals surface area contributed by atoms with Crippen LogP contribution in [0, 0.1) is 0 Å². The minimum Gasteiger partial charge on any atom is -0.350 e. The van der Waals surface area contributed by atoms with E-state index in [1.165, 1.54) is 0 Å². The number of para-hydroxylation sites is 1. The Balaban J connectivity index is 1.95. The molecule has 0 aliphatic rings. The summed E-state index contributed by atoms with van der Waals surface area (Å²) in [7, 11) is 0. The van der Waals surface area contributed by atoms with Crippen molar-refractivity contribution in [3.05, 3.63) is 60.3 Å². The Hall–Kier alpha value is -2.88. The number of carbonyl (C=O) groups excluding carboxylic acids is 1. The Labute approximate surface area is 141 Å². The molecule has 0 spiro atoms. The van der Waals surface area contributed by atoms with E-state index in [9.17, 15) is 4.79 Å². The quantitative estimate of drug-likeness (QED) is 0.385. The van der Waals surface area contributed by atoms with E-state index in [0.29, 0.717) is 5.69 Å². The third-order valence-corrected chi connectivity index (χ3v) is 3.94. The largest absolute Gasteiger partial charge is 0.350 e. The number of fused-ring (bicyclic) bond motifs is 1. The number of aromatic amines is 1. The second-order valence-corrected chi connectivity index (χ2v) is 5.68. The maximum absolute atomic E-state index is 12.6. The lowest BCUT2D eigenvalue weighted by Crippen LogP contribution is -2.18. The monoisotopic (exact) mass is 319 g/mol. The molecule has 3 aromatic rings. The van der Waals surface area contributed by atoms with Gasteiger partial charge >= 0.3 is 0 Å². The molecule has 0 fully saturated rings. The van der Waals surface area contributed by atoms with Crippen LogP contribution < -0.4 is 5.43 Å². The van der Waals surface area contributed by atoms with Crippen molar-refractivity contribution in [3.8, 4) is 11.1 Å². The van der Waals surface area contributed by atoms with Crippen molar-refractivity contribution < 1.29 is 4.79 Å². The molecule has 24 heavy (non-hydrogen) atoms. The van der Waals surface area contributed by atoms with Crippen LogP contribution in [0.5, 0.6) is 0 Å². The molecule has 1 aromatic heterocycles. The van der Waals surface area contributed by atoms with Gasteiger partial charge in [0, 0.05) is 22.7 Å². The Morgan fingerprint density at radius 3 is 2.67 bits per heavy atom. The molecular weight excluding hydrogens is 298 g/mol. The van der Waals surface area contributed by atoms with Crippen LogP contribution in [-0.2, 0) is 0 Å². The molecule has 0 unspecified atom stereocenters. The maximum Gasteiger partial charge on any atom is 0.288 e. The molecule has 4 nitrogen and oxygen atoms in total. The Bertz CT molecular complexity index is 850. The number of benzene rings is 2. The molecule has 4 heteroatoms. The van der Waals surface area contributed by atoms with Crippen LogP contribution in [0.25, 0.3) is 22.0 Å². The van der Waals surface area contributed by atoms with Crippen molar-refractivity contribution >= 4 is 23.0 Å². The van der Waals surface area contributed by atoms with Gasteiger partial charge in [-0.05, 0) is 24.5 Å². The number of carbonyl (C=O) groups is 1. The molecule has 0 aliphatic heterocycles. The predicted molar refractivity (Wildman–Crippen MR) is 99.2 cm³/mol. The summed E-state index contributed by atoms with van der Waals surface area (Å²) in [5.41, 5.74) is 6.03. The molecule has 122 valence electrons. The van der Waals surface area contributed by atoms with Gasteiger partial charge in [-0.2, -0.15) is 5.10 Å². The first kappa shape index (κ1) is 16.0. The summed E-state index contributed by atoms with van der Waals surface area (Å²) in [6.07, 6.45) is 4.81. The number of aromatic nitrogens is 1. The highest BCUT2D eigenvalue weighted by molar-refractivity contribution is 6.09. The van der Waals surface area contributed by atoms with Gasteiger partial charge in [-0.3, -0.25) is 4.79 Å². The second kappa shape index (κ2) is 7.59. The van der Waals surface area contributed by atoms with Crippen molar-refractivity contribution in [2.75, 3.05) is 0 Å². The van der Waals surface area contributed by atoms with Gasteiger partial charge in [-0.25, -0.2) is 5.43 Å². The zero-order valence-electron chi connectivity index (χ0n) is 13.8. The number of nitrogens with one attached hydrogen (secondary N) is 2. The lowest BCUT2D eigenvalue weighted by atomic mass is 10.0. The van der Waals surface area contributed by atoms with Crippen LogP contribution >= 0.6 is 0 Å². The number of nitrogens with zero attached hydrogens (tertiary/aromatic N) is 1. The highest BCUT2D eigenvalue weighted by Crippen LogP contribution is 2.32. The van der Waals surface area contributed by atoms with E-state index in [4.69, 9.17) is 0 Å². The lowest BCUT2D eigenvalue weighted by Gasteiger charge is -2.04. The molecule has 2 N–H and O–H groups in total. The molecule has 2 aromatic carbocycles. The average Bonchev–Trinajstić information content (AvgIpc) is 3.02. The average molecular weight is 319 g/mol. The highest BCUT2D eigenvalue weighted by atomic mass is 16.2. The number of amides is 1. The molecule has 0 saturated heterocycles. The van der Waals surface area contributed by atoms with Crippen molar-refractivity contribution in [2.45, 2.75) is 26.2 Å². The predicted octanol–water partition coefficient (Wildman–Crippen LogP) is 4.74. The van der Waals surface area contributed by atoms with Crippen LogP contribution in [-0.4, -0.2) is 17.1 Å². The lowest BCUT2D eigenvalue weighted by molar-refractivity contribution is 0.0951. The first-order valence-corrected chi connectivity index (χ1v) is 8.29. The van der Waals surface area contributed by atoms with E-state index in [1.54, 1.807) is 6.21 Å². The smallest absolute Gasteiger partial charge is 0.288 e. The summed E-state index contributed by atoms with van der Waals surface area (Å²) in [4.78, 5) is 15.8. The molecule has 3 rings (SSSR count). The molecule has 0 saturated carbocycles. The zero-order chi connectivity index (χ0) is 16.8. The van der Waals surface area contributed by atoms with E-state index in [-0.39, 0.29) is 5.91 Å². The number of rotatable bonds is 6. The fourth-order valence-corrected chi connectivity index (χ4v) is 2.74. The fourth-order valence-electron chi connectivity index (χ4n) is 2.74. The summed E-state index contributed by atoms with van der Waals surface area (Å²) >= 11 is 0. The summed E-state index contributed by atoms with van der Waals surface area (Å²) in [6, 6.07) is 17.9. The van der Waals surface area contributed by atoms with Crippen LogP contribution in [0.1, 0.15) is 36.7 Å². The van der Waals surface area contributed by atoms with Crippen molar-refractivity contribution in [1.82, 2.24) is 10.4 Å². The summed E-state index contributed by atoms with van der Waals surface area (Å²) < 4.78 is 0. The normalized spacial score (nSPS) is 11.2. The topological polar surface area (TPSA) is 57.2 Å². The van der Waals surface area contributed by atoms with Crippen molar-refractivity contribution in [3.63, 3.8) is 0 Å². The van der Waals surface area contributed by atoms with E-state index >= 15 is 0 Å². The third-order valence-electron chi connectivity index (χ3n) is 3.94. The summed E-state index contributed by atoms with van der Waals surface area (Å²) in [5, 5.41) is 5.08. The van der Waals surface area contributed by atoms with Gasteiger partial charge < -0.3 is 4.98 Å². The first-order valence-electron chi connectivity index (χ1n) is 8.29. The molecule has 0 bridgehead atoms. The number of hydrogen-bond donors (Lipinski definition) is 2. The van der Waals surface area contributed by atoms with Gasteiger partial charge in [0.15, 0.2) is 0 Å². The minimum atomic E-state index is -0.224. The number of unbranched alkanes of at least 4 members (excludes halogenated alkanes) is 2. The van der Waals surface area contributed by atoms with Gasteiger partial charge in [0.05, 0.1) is 0 Å². The highest BCUT2D eigenvalue weighted by Gasteiger charge is 2.18. The second-order valence-electron chi connectivity index (χ2n) is 5.68. The maximum atomic E-state index is 12.6. The first-order chi connectivity index (χ1) is 11.8. The molecule has 0 radical (unpaired) electrons. The number of hydrazone groups is 1. The fraction of sp³-hybridized carbons (Fsp3) is 0.200. The number of hydrogen-bond acceptors (Lipinski definition) is 2. The molecule has 1 amide bonds. The SMILES string of the molecule is CCCC/C=N/NC(=O)c1[nH]c2ccccc2c1-c1ccccc1. The molecular formula is C20H21N3O. The summed E-state index contributed by atoms with van der Waals surface area (Å²) in [6.45, 7) is 2.13. The molecule has 0 atom stereocenters. The van der Waals surface area contributed by atoms with Crippen LogP contribution in [0.3, 0.4) is 0 Å². The standard InChI is InChI=1S/C20H21N3O/c1-2-3-9-14-21-23-20(24)19-18(15-10-5-4-6-11-15)16-12-7-8-13-17(16)22-19/h4-8,10-14,22H,2-3,9H2,1H3,(H,23,24)/b21-14+. The van der Waals surface area contributed by atoms with Crippen LogP contribution in [0.15, 0.2) is 59.7 Å². The van der Waals surface area contributed by atoms with Gasteiger partial charge in [0.25, 0.3) is 5.91 Å². The van der Waals surface area contributed by atoms with Crippen molar-refractivity contribution in [1.29, 1.82) is 0 Å². The Morgan fingerprint density at radius 2 is 1.88 bits per heavy atom. The summed E-state index contributed by atoms with van der Waals surface area (Å²) in [5.74, 6) is -0.224. The van der Waals surface area contributed by atoms with Crippen molar-refractivity contribution in [2.24, 2.45) is 5.10 Å². The van der Waals surface area contributed by atoms with Gasteiger partial charge in [-0.15, -0.1) is 0 Å². The van der Waals surface area contributed by atoms with Crippen LogP contribution in [0.4, 0.5) is 0 Å². The number of H-pyrrole nitrogens is 1. The molecule has 1 heterocycles. The Kier molecular flexibility index (Phi) is 5.06. The van der Waals surface area contributed by atoms with Gasteiger partial charge in [0.2, 0.25) is 0 Å². The van der Waals surface area contributed by atoms with E-state index in [0.717, 1.165) is 41.3 Å². The molecule has 0 aliphatic carbocycles. The Morgan fingerprint density at radius 1 is 1.12 bits per heavy atom. The van der Waals surface area contributed by atoms with Gasteiger partial charge in [0.1, 0.15) is 5.69 Å². The van der Waals surface area contributed by atoms with Crippen LogP contribution in [0.2, 0.25) is 0 Å². The van der Waals surface area contributed by atoms with E-state index < -0.39 is 0 Å². The zero-order valence-corrected chi connectivity index (χ0v) is 13.8. The van der Waals surface area contributed by atoms with E-state index in [1.807, 2.05) is 54.6 Å². The van der Waals surface area contributed by atoms with E-state index in [2.05, 4.69) is 22.4 Å². The third kappa shape index (κ3) is 3.38.